The summed E-state index contributed by atoms with van der Waals surface area (Å²) in [5, 5.41) is 2.57. The molecule has 0 aliphatic heterocycles. The lowest BCUT2D eigenvalue weighted by Crippen LogP contribution is -2.41. The smallest absolute Gasteiger partial charge is 0.234 e. The van der Waals surface area contributed by atoms with Crippen LogP contribution in [-0.4, -0.2) is 50.3 Å². The number of carbonyl (C=O) groups excluding carboxylic acids is 2. The van der Waals surface area contributed by atoms with E-state index < -0.39 is 6.04 Å². The minimum atomic E-state index is -0.447. The maximum Gasteiger partial charge on any atom is 0.234 e. The van der Waals surface area contributed by atoms with Crippen molar-refractivity contribution in [2.45, 2.75) is 12.5 Å². The van der Waals surface area contributed by atoms with Crippen molar-refractivity contribution in [2.24, 2.45) is 5.73 Å². The van der Waals surface area contributed by atoms with Gasteiger partial charge in [0.2, 0.25) is 5.91 Å². The lowest BCUT2D eigenvalue weighted by molar-refractivity contribution is -0.124. The van der Waals surface area contributed by atoms with Gasteiger partial charge in [0.1, 0.15) is 6.29 Å². The number of nitrogens with one attached hydrogen (secondary N) is 1. The van der Waals surface area contributed by atoms with Crippen LogP contribution < -0.4 is 11.1 Å². The molecule has 0 fully saturated rings. The van der Waals surface area contributed by atoms with Crippen molar-refractivity contribution in [1.82, 2.24) is 10.2 Å². The van der Waals surface area contributed by atoms with Crippen molar-refractivity contribution in [3.8, 4) is 0 Å². The second-order valence-corrected chi connectivity index (χ2v) is 3.13. The summed E-state index contributed by atoms with van der Waals surface area (Å²) < 4.78 is 0. The van der Waals surface area contributed by atoms with Gasteiger partial charge in [0.05, 0.1) is 12.6 Å². The highest BCUT2D eigenvalue weighted by atomic mass is 16.2. The molecule has 0 saturated carbocycles. The predicted octanol–water partition coefficient (Wildman–Crippen LogP) is -1.42. The van der Waals surface area contributed by atoms with Gasteiger partial charge < -0.3 is 20.7 Å². The Balaban J connectivity index is 3.79. The van der Waals surface area contributed by atoms with E-state index in [1.807, 2.05) is 0 Å². The second kappa shape index (κ2) is 6.56. The van der Waals surface area contributed by atoms with Crippen molar-refractivity contribution < 1.29 is 9.59 Å². The summed E-state index contributed by atoms with van der Waals surface area (Å²) in [6.45, 7) is 0.681. The molecule has 0 heterocycles. The maximum atomic E-state index is 11.1. The van der Waals surface area contributed by atoms with E-state index in [0.29, 0.717) is 19.3 Å². The lowest BCUT2D eigenvalue weighted by atomic mass is 10.2. The van der Waals surface area contributed by atoms with Crippen molar-refractivity contribution in [3.63, 3.8) is 0 Å². The van der Waals surface area contributed by atoms with E-state index in [-0.39, 0.29) is 12.5 Å². The van der Waals surface area contributed by atoms with Crippen LogP contribution in [0.25, 0.3) is 0 Å². The molecule has 0 aliphatic carbocycles. The topological polar surface area (TPSA) is 75.4 Å². The van der Waals surface area contributed by atoms with E-state index >= 15 is 0 Å². The van der Waals surface area contributed by atoms with E-state index in [9.17, 15) is 9.59 Å². The Kier molecular flexibility index (Phi) is 6.09. The molecule has 13 heavy (non-hydrogen) atoms. The van der Waals surface area contributed by atoms with Crippen molar-refractivity contribution >= 4 is 12.2 Å². The maximum absolute atomic E-state index is 11.1. The number of amides is 1. The lowest BCUT2D eigenvalue weighted by Gasteiger charge is -2.14. The van der Waals surface area contributed by atoms with Gasteiger partial charge in [0.25, 0.3) is 0 Å². The highest BCUT2D eigenvalue weighted by Crippen LogP contribution is 1.85. The molecule has 0 saturated heterocycles. The van der Waals surface area contributed by atoms with Crippen LogP contribution in [0, 0.1) is 0 Å². The first kappa shape index (κ1) is 12.1. The van der Waals surface area contributed by atoms with E-state index in [4.69, 9.17) is 5.73 Å². The molecule has 0 radical (unpaired) electrons. The molecule has 1 amide bonds. The van der Waals surface area contributed by atoms with Crippen LogP contribution >= 0.6 is 0 Å². The molecule has 0 aliphatic rings. The first-order valence-electron chi connectivity index (χ1n) is 4.19. The zero-order valence-corrected chi connectivity index (χ0v) is 8.12. The van der Waals surface area contributed by atoms with Gasteiger partial charge in [-0.2, -0.15) is 0 Å². The van der Waals surface area contributed by atoms with Gasteiger partial charge in [-0.05, 0) is 27.1 Å². The highest BCUT2D eigenvalue weighted by molar-refractivity contribution is 5.81. The third-order valence-corrected chi connectivity index (χ3v) is 1.45. The Labute approximate surface area is 78.3 Å². The number of nitrogens with zero attached hydrogens (tertiary/aromatic N) is 1. The molecule has 0 spiro atoms. The van der Waals surface area contributed by atoms with Gasteiger partial charge in [-0.25, -0.2) is 0 Å². The minimum Gasteiger partial charge on any atom is -0.345 e. The van der Waals surface area contributed by atoms with Gasteiger partial charge in [0.15, 0.2) is 0 Å². The third-order valence-electron chi connectivity index (χ3n) is 1.45. The fourth-order valence-electron chi connectivity index (χ4n) is 0.893. The quantitative estimate of drug-likeness (QED) is 0.500. The van der Waals surface area contributed by atoms with Gasteiger partial charge in [-0.15, -0.1) is 0 Å². The molecule has 5 nitrogen and oxygen atoms in total. The van der Waals surface area contributed by atoms with E-state index in [1.165, 1.54) is 0 Å². The fourth-order valence-corrected chi connectivity index (χ4v) is 0.893. The van der Waals surface area contributed by atoms with Crippen molar-refractivity contribution in [3.05, 3.63) is 0 Å². The normalized spacial score (nSPS) is 12.6. The van der Waals surface area contributed by atoms with Crippen LogP contribution in [0.5, 0.6) is 0 Å². The molecule has 76 valence electrons. The van der Waals surface area contributed by atoms with Crippen LogP contribution in [0.4, 0.5) is 0 Å². The summed E-state index contributed by atoms with van der Waals surface area (Å²) >= 11 is 0. The molecule has 0 bridgehead atoms. The second-order valence-electron chi connectivity index (χ2n) is 3.13. The summed E-state index contributed by atoms with van der Waals surface area (Å²) in [4.78, 5) is 23.3. The molecule has 3 N–H and O–H groups in total. The molecule has 0 aromatic rings. The molecular formula is C8H17N3O2. The minimum absolute atomic E-state index is 0.157. The van der Waals surface area contributed by atoms with E-state index in [1.54, 1.807) is 19.0 Å². The highest BCUT2D eigenvalue weighted by Gasteiger charge is 2.10. The monoisotopic (exact) mass is 187 g/mol. The first-order valence-corrected chi connectivity index (χ1v) is 4.19. The van der Waals surface area contributed by atoms with Gasteiger partial charge >= 0.3 is 0 Å². The standard InChI is InChI=1S/C8H17N3O2/c1-11(2)5-8(13)10-7(6-12)3-4-9/h6-7H,3-5,9H2,1-2H3,(H,10,13)/t7-/m1/s1. The molecule has 0 aromatic heterocycles. The van der Waals surface area contributed by atoms with Crippen LogP contribution in [0.15, 0.2) is 0 Å². The average molecular weight is 187 g/mol. The number of hydrogen-bond acceptors (Lipinski definition) is 4. The fraction of sp³-hybridized carbons (Fsp3) is 0.750. The molecule has 0 rings (SSSR count). The Morgan fingerprint density at radius 2 is 2.23 bits per heavy atom. The Morgan fingerprint density at radius 1 is 1.62 bits per heavy atom. The SMILES string of the molecule is CN(C)CC(=O)N[C@@H](C=O)CCN. The summed E-state index contributed by atoms with van der Waals surface area (Å²) in [6.07, 6.45) is 1.20. The van der Waals surface area contributed by atoms with Crippen molar-refractivity contribution in [1.29, 1.82) is 0 Å². The average Bonchev–Trinajstić information content (AvgIpc) is 2.02. The molecule has 0 unspecified atom stereocenters. The number of rotatable bonds is 6. The number of carbonyl (C=O) groups is 2. The molecular weight excluding hydrogens is 170 g/mol. The van der Waals surface area contributed by atoms with Crippen LogP contribution in [-0.2, 0) is 9.59 Å². The van der Waals surface area contributed by atoms with E-state index in [2.05, 4.69) is 5.32 Å². The Morgan fingerprint density at radius 3 is 2.62 bits per heavy atom. The van der Waals surface area contributed by atoms with Crippen molar-refractivity contribution in [2.75, 3.05) is 27.2 Å². The summed E-state index contributed by atoms with van der Waals surface area (Å²) in [7, 11) is 3.58. The van der Waals surface area contributed by atoms with Crippen LogP contribution in [0.3, 0.4) is 0 Å². The Hall–Kier alpha value is -0.940. The van der Waals surface area contributed by atoms with Crippen LogP contribution in [0.1, 0.15) is 6.42 Å². The summed E-state index contributed by atoms with van der Waals surface area (Å²) in [5.74, 6) is -0.157. The van der Waals surface area contributed by atoms with E-state index in [0.717, 1.165) is 0 Å². The Bertz CT molecular complexity index is 171. The number of aldehydes is 1. The molecule has 5 heteroatoms. The number of likely N-dealkylation sites (N-methyl/N-ethyl adjacent to an activating group) is 1. The van der Waals surface area contributed by atoms with Crippen LogP contribution in [0.2, 0.25) is 0 Å². The zero-order chi connectivity index (χ0) is 10.3. The van der Waals surface area contributed by atoms with Gasteiger partial charge in [-0.1, -0.05) is 0 Å². The molecule has 1 atom stereocenters. The number of hydrogen-bond donors (Lipinski definition) is 2. The third kappa shape index (κ3) is 6.24. The predicted molar refractivity (Wildman–Crippen MR) is 50.2 cm³/mol. The first-order chi connectivity index (χ1) is 6.10. The molecule has 0 aromatic carbocycles. The largest absolute Gasteiger partial charge is 0.345 e. The number of nitrogens with two attached hydrogens (primary N) is 1. The zero-order valence-electron chi connectivity index (χ0n) is 8.12. The summed E-state index contributed by atoms with van der Waals surface area (Å²) in [5.41, 5.74) is 5.26. The van der Waals surface area contributed by atoms with Gasteiger partial charge in [0, 0.05) is 0 Å². The van der Waals surface area contributed by atoms with Gasteiger partial charge in [-0.3, -0.25) is 4.79 Å². The summed E-state index contributed by atoms with van der Waals surface area (Å²) in [6, 6.07) is -0.447.